The highest BCUT2D eigenvalue weighted by Gasteiger charge is 2.31. The summed E-state index contributed by atoms with van der Waals surface area (Å²) in [6.07, 6.45) is 0. The van der Waals surface area contributed by atoms with Crippen molar-refractivity contribution in [3.8, 4) is 11.5 Å². The number of carbonyl (C=O) groups excluding carboxylic acids is 1. The van der Waals surface area contributed by atoms with Gasteiger partial charge in [0.05, 0.1) is 24.2 Å². The lowest BCUT2D eigenvalue weighted by molar-refractivity contribution is -0.133. The van der Waals surface area contributed by atoms with Crippen molar-refractivity contribution in [1.29, 1.82) is 0 Å². The van der Waals surface area contributed by atoms with Crippen molar-refractivity contribution in [2.24, 2.45) is 5.73 Å². The second-order valence-corrected chi connectivity index (χ2v) is 7.93. The average molecular weight is 385 g/mol. The van der Waals surface area contributed by atoms with Crippen LogP contribution in [0, 0.1) is 0 Å². The van der Waals surface area contributed by atoms with Crippen LogP contribution in [0.4, 0.5) is 0 Å². The van der Waals surface area contributed by atoms with Crippen LogP contribution in [-0.2, 0) is 14.8 Å². The number of carbonyl (C=O) groups is 1. The van der Waals surface area contributed by atoms with E-state index >= 15 is 0 Å². The first-order chi connectivity index (χ1) is 12.3. The number of piperazine rings is 1. The van der Waals surface area contributed by atoms with E-state index in [-0.39, 0.29) is 23.9 Å². The summed E-state index contributed by atoms with van der Waals surface area (Å²) in [5.41, 5.74) is 5.61. The van der Waals surface area contributed by atoms with Gasteiger partial charge >= 0.3 is 0 Å². The van der Waals surface area contributed by atoms with Gasteiger partial charge in [0.2, 0.25) is 15.9 Å². The van der Waals surface area contributed by atoms with Crippen LogP contribution in [0.3, 0.4) is 0 Å². The summed E-state index contributed by atoms with van der Waals surface area (Å²) in [7, 11) is -3.68. The molecule has 1 amide bonds. The van der Waals surface area contributed by atoms with Crippen molar-refractivity contribution in [2.45, 2.75) is 31.7 Å². The molecule has 0 spiro atoms. The fourth-order valence-electron chi connectivity index (χ4n) is 2.78. The minimum Gasteiger partial charge on any atom is -0.490 e. The van der Waals surface area contributed by atoms with Crippen LogP contribution in [0.5, 0.6) is 11.5 Å². The second kappa shape index (κ2) is 8.70. The van der Waals surface area contributed by atoms with Gasteiger partial charge in [0.1, 0.15) is 0 Å². The zero-order valence-corrected chi connectivity index (χ0v) is 16.3. The number of amides is 1. The molecule has 0 bridgehead atoms. The quantitative estimate of drug-likeness (QED) is 0.740. The second-order valence-electron chi connectivity index (χ2n) is 5.99. The number of sulfonamides is 1. The third-order valence-corrected chi connectivity index (χ3v) is 5.99. The Morgan fingerprint density at radius 1 is 1.12 bits per heavy atom. The maximum atomic E-state index is 12.9. The summed E-state index contributed by atoms with van der Waals surface area (Å²) in [6, 6.07) is 4.03. The zero-order valence-electron chi connectivity index (χ0n) is 15.5. The predicted octanol–water partition coefficient (Wildman–Crippen LogP) is 0.664. The monoisotopic (exact) mass is 385 g/mol. The fourth-order valence-corrected chi connectivity index (χ4v) is 4.22. The number of hydrogen-bond donors (Lipinski definition) is 1. The van der Waals surface area contributed by atoms with Gasteiger partial charge in [-0.2, -0.15) is 4.31 Å². The first kappa shape index (κ1) is 20.5. The van der Waals surface area contributed by atoms with E-state index in [0.717, 1.165) is 0 Å². The maximum absolute atomic E-state index is 12.9. The van der Waals surface area contributed by atoms with Crippen molar-refractivity contribution in [3.05, 3.63) is 18.2 Å². The smallest absolute Gasteiger partial charge is 0.243 e. The largest absolute Gasteiger partial charge is 0.490 e. The predicted molar refractivity (Wildman–Crippen MR) is 97.8 cm³/mol. The lowest BCUT2D eigenvalue weighted by Crippen LogP contribution is -2.53. The molecule has 8 nitrogen and oxygen atoms in total. The third-order valence-electron chi connectivity index (χ3n) is 4.09. The van der Waals surface area contributed by atoms with Crippen LogP contribution in [-0.4, -0.2) is 69.0 Å². The van der Waals surface area contributed by atoms with E-state index in [1.54, 1.807) is 17.9 Å². The molecule has 26 heavy (non-hydrogen) atoms. The molecule has 2 rings (SSSR count). The van der Waals surface area contributed by atoms with Gasteiger partial charge in [-0.15, -0.1) is 0 Å². The van der Waals surface area contributed by atoms with Crippen LogP contribution in [0.1, 0.15) is 20.8 Å². The zero-order chi connectivity index (χ0) is 19.3. The van der Waals surface area contributed by atoms with Crippen molar-refractivity contribution in [3.63, 3.8) is 0 Å². The molecule has 1 aromatic rings. The van der Waals surface area contributed by atoms with E-state index in [4.69, 9.17) is 15.2 Å². The number of benzene rings is 1. The average Bonchev–Trinajstić information content (AvgIpc) is 2.63. The fraction of sp³-hybridized carbons (Fsp3) is 0.588. The molecule has 1 saturated heterocycles. The van der Waals surface area contributed by atoms with Crippen LogP contribution in [0.15, 0.2) is 23.1 Å². The van der Waals surface area contributed by atoms with Gasteiger partial charge < -0.3 is 20.1 Å². The highest BCUT2D eigenvalue weighted by Crippen LogP contribution is 2.31. The maximum Gasteiger partial charge on any atom is 0.243 e. The summed E-state index contributed by atoms with van der Waals surface area (Å²) in [4.78, 5) is 13.7. The van der Waals surface area contributed by atoms with E-state index < -0.39 is 16.1 Å². The van der Waals surface area contributed by atoms with Crippen LogP contribution >= 0.6 is 0 Å². The SMILES string of the molecule is CCOc1ccc(S(=O)(=O)N2CCN(C(=O)[C@H](C)N)CC2)cc1OCC. The summed E-state index contributed by atoms with van der Waals surface area (Å²) >= 11 is 0. The summed E-state index contributed by atoms with van der Waals surface area (Å²) in [5, 5.41) is 0. The lowest BCUT2D eigenvalue weighted by atomic mass is 10.2. The molecule has 0 saturated carbocycles. The molecule has 1 aromatic carbocycles. The van der Waals surface area contributed by atoms with Crippen molar-refractivity contribution >= 4 is 15.9 Å². The minimum atomic E-state index is -3.68. The molecule has 146 valence electrons. The van der Waals surface area contributed by atoms with Gasteiger partial charge in [0.15, 0.2) is 11.5 Å². The molecule has 0 aromatic heterocycles. The number of nitrogens with two attached hydrogens (primary N) is 1. The molecule has 1 atom stereocenters. The van der Waals surface area contributed by atoms with Crippen molar-refractivity contribution in [1.82, 2.24) is 9.21 Å². The molecular formula is C17H27N3O5S. The van der Waals surface area contributed by atoms with Crippen LogP contribution in [0.25, 0.3) is 0 Å². The Hall–Kier alpha value is -1.84. The lowest BCUT2D eigenvalue weighted by Gasteiger charge is -2.34. The molecule has 0 aliphatic carbocycles. The van der Waals surface area contributed by atoms with Gasteiger partial charge in [-0.3, -0.25) is 4.79 Å². The number of ether oxygens (including phenoxy) is 2. The Morgan fingerprint density at radius 3 is 2.23 bits per heavy atom. The van der Waals surface area contributed by atoms with E-state index in [2.05, 4.69) is 0 Å². The first-order valence-corrected chi connectivity index (χ1v) is 10.2. The van der Waals surface area contributed by atoms with Crippen molar-refractivity contribution in [2.75, 3.05) is 39.4 Å². The van der Waals surface area contributed by atoms with E-state index in [9.17, 15) is 13.2 Å². The number of nitrogens with zero attached hydrogens (tertiary/aromatic N) is 2. The minimum absolute atomic E-state index is 0.149. The van der Waals surface area contributed by atoms with E-state index in [1.165, 1.54) is 16.4 Å². The van der Waals surface area contributed by atoms with E-state index in [0.29, 0.717) is 37.8 Å². The summed E-state index contributed by atoms with van der Waals surface area (Å²) in [5.74, 6) is 0.753. The van der Waals surface area contributed by atoms with Gasteiger partial charge in [0, 0.05) is 32.2 Å². The molecule has 1 heterocycles. The van der Waals surface area contributed by atoms with Gasteiger partial charge in [-0.25, -0.2) is 8.42 Å². The van der Waals surface area contributed by atoms with Crippen molar-refractivity contribution < 1.29 is 22.7 Å². The van der Waals surface area contributed by atoms with Gasteiger partial charge in [0.25, 0.3) is 0 Å². The highest BCUT2D eigenvalue weighted by molar-refractivity contribution is 7.89. The Kier molecular flexibility index (Phi) is 6.85. The van der Waals surface area contributed by atoms with E-state index in [1.807, 2.05) is 13.8 Å². The Morgan fingerprint density at radius 2 is 1.69 bits per heavy atom. The normalized spacial score (nSPS) is 17.0. The topological polar surface area (TPSA) is 102 Å². The molecule has 0 unspecified atom stereocenters. The summed E-state index contributed by atoms with van der Waals surface area (Å²) < 4.78 is 38.2. The molecular weight excluding hydrogens is 358 g/mol. The molecule has 2 N–H and O–H groups in total. The van der Waals surface area contributed by atoms with Crippen LogP contribution in [0.2, 0.25) is 0 Å². The standard InChI is InChI=1S/C17H27N3O5S/c1-4-24-15-7-6-14(12-16(15)25-5-2)26(22,23)20-10-8-19(9-11-20)17(21)13(3)18/h6-7,12-13H,4-5,8-11,18H2,1-3H3/t13-/m0/s1. The summed E-state index contributed by atoms with van der Waals surface area (Å²) in [6.45, 7) is 7.29. The molecule has 1 aliphatic rings. The molecule has 0 radical (unpaired) electrons. The Balaban J connectivity index is 2.17. The Labute approximate surface area is 154 Å². The number of hydrogen-bond acceptors (Lipinski definition) is 6. The first-order valence-electron chi connectivity index (χ1n) is 8.75. The van der Waals surface area contributed by atoms with Crippen LogP contribution < -0.4 is 15.2 Å². The molecule has 1 aliphatic heterocycles. The Bertz CT molecular complexity index is 728. The van der Waals surface area contributed by atoms with Gasteiger partial charge in [-0.05, 0) is 32.9 Å². The highest BCUT2D eigenvalue weighted by atomic mass is 32.2. The number of rotatable bonds is 7. The molecule has 1 fully saturated rings. The molecule has 9 heteroatoms. The third kappa shape index (κ3) is 4.46. The van der Waals surface area contributed by atoms with Gasteiger partial charge in [-0.1, -0.05) is 0 Å².